The van der Waals surface area contributed by atoms with E-state index in [9.17, 15) is 4.79 Å². The Morgan fingerprint density at radius 2 is 2.05 bits per heavy atom. The SMILES string of the molecule is CNCC1CCN(C(=O)COc2cccc(C)c2C)CC1. The zero-order valence-electron chi connectivity index (χ0n) is 13.3. The first-order valence-electron chi connectivity index (χ1n) is 7.73. The van der Waals surface area contributed by atoms with Gasteiger partial charge < -0.3 is 15.0 Å². The summed E-state index contributed by atoms with van der Waals surface area (Å²) < 4.78 is 5.70. The van der Waals surface area contributed by atoms with Gasteiger partial charge in [-0.05, 0) is 63.4 Å². The molecule has 1 aromatic carbocycles. The number of hydrogen-bond donors (Lipinski definition) is 1. The van der Waals surface area contributed by atoms with Crippen LogP contribution in [0.25, 0.3) is 0 Å². The minimum atomic E-state index is 0.0961. The number of nitrogens with one attached hydrogen (secondary N) is 1. The first-order valence-corrected chi connectivity index (χ1v) is 7.73. The van der Waals surface area contributed by atoms with E-state index in [4.69, 9.17) is 4.74 Å². The number of nitrogens with zero attached hydrogens (tertiary/aromatic N) is 1. The van der Waals surface area contributed by atoms with Gasteiger partial charge in [0.25, 0.3) is 5.91 Å². The Kier molecular flexibility index (Phi) is 5.62. The number of benzene rings is 1. The van der Waals surface area contributed by atoms with Crippen molar-refractivity contribution < 1.29 is 9.53 Å². The molecule has 0 radical (unpaired) electrons. The molecule has 0 aliphatic carbocycles. The van der Waals surface area contributed by atoms with Gasteiger partial charge in [0.1, 0.15) is 5.75 Å². The zero-order valence-corrected chi connectivity index (χ0v) is 13.3. The Hall–Kier alpha value is -1.55. The average Bonchev–Trinajstić information content (AvgIpc) is 2.49. The van der Waals surface area contributed by atoms with E-state index in [2.05, 4.69) is 18.3 Å². The minimum Gasteiger partial charge on any atom is -0.483 e. The molecule has 0 aromatic heterocycles. The van der Waals surface area contributed by atoms with E-state index in [0.717, 1.165) is 43.8 Å². The number of aryl methyl sites for hydroxylation is 1. The molecule has 21 heavy (non-hydrogen) atoms. The van der Waals surface area contributed by atoms with Crippen LogP contribution in [0, 0.1) is 19.8 Å². The van der Waals surface area contributed by atoms with Crippen LogP contribution >= 0.6 is 0 Å². The number of piperidine rings is 1. The summed E-state index contributed by atoms with van der Waals surface area (Å²) in [5, 5.41) is 3.21. The predicted molar refractivity (Wildman–Crippen MR) is 84.6 cm³/mol. The summed E-state index contributed by atoms with van der Waals surface area (Å²) in [5.41, 5.74) is 2.30. The highest BCUT2D eigenvalue weighted by Crippen LogP contribution is 2.21. The molecule has 0 atom stereocenters. The Bertz CT molecular complexity index is 480. The Morgan fingerprint density at radius 3 is 2.71 bits per heavy atom. The summed E-state index contributed by atoms with van der Waals surface area (Å²) in [6, 6.07) is 5.94. The van der Waals surface area contributed by atoms with Gasteiger partial charge in [-0.15, -0.1) is 0 Å². The van der Waals surface area contributed by atoms with Gasteiger partial charge in [-0.3, -0.25) is 4.79 Å². The third kappa shape index (κ3) is 4.21. The van der Waals surface area contributed by atoms with Crippen molar-refractivity contribution in [1.29, 1.82) is 0 Å². The maximum absolute atomic E-state index is 12.2. The summed E-state index contributed by atoms with van der Waals surface area (Å²) in [6.07, 6.45) is 2.16. The Balaban J connectivity index is 1.81. The summed E-state index contributed by atoms with van der Waals surface area (Å²) in [4.78, 5) is 14.1. The van der Waals surface area contributed by atoms with Crippen LogP contribution < -0.4 is 10.1 Å². The standard InChI is InChI=1S/C17H26N2O2/c1-13-5-4-6-16(14(13)2)21-12-17(20)19-9-7-15(8-10-19)11-18-3/h4-6,15,18H,7-12H2,1-3H3. The summed E-state index contributed by atoms with van der Waals surface area (Å²) >= 11 is 0. The van der Waals surface area contributed by atoms with E-state index in [1.54, 1.807) is 0 Å². The van der Waals surface area contributed by atoms with E-state index in [1.807, 2.05) is 31.0 Å². The number of amides is 1. The average molecular weight is 290 g/mol. The van der Waals surface area contributed by atoms with Crippen molar-refractivity contribution in [3.05, 3.63) is 29.3 Å². The van der Waals surface area contributed by atoms with Gasteiger partial charge in [-0.1, -0.05) is 12.1 Å². The highest BCUT2D eigenvalue weighted by molar-refractivity contribution is 5.77. The highest BCUT2D eigenvalue weighted by atomic mass is 16.5. The van der Waals surface area contributed by atoms with Crippen molar-refractivity contribution in [2.24, 2.45) is 5.92 Å². The smallest absolute Gasteiger partial charge is 0.260 e. The molecule has 1 N–H and O–H groups in total. The van der Waals surface area contributed by atoms with E-state index in [-0.39, 0.29) is 12.5 Å². The first-order chi connectivity index (χ1) is 10.1. The van der Waals surface area contributed by atoms with Crippen LogP contribution in [0.4, 0.5) is 0 Å². The van der Waals surface area contributed by atoms with E-state index in [0.29, 0.717) is 5.92 Å². The number of carbonyl (C=O) groups is 1. The fraction of sp³-hybridized carbons (Fsp3) is 0.588. The lowest BCUT2D eigenvalue weighted by atomic mass is 9.97. The Labute approximate surface area is 127 Å². The van der Waals surface area contributed by atoms with Crippen LogP contribution in [0.1, 0.15) is 24.0 Å². The molecule has 1 aliphatic rings. The number of likely N-dealkylation sites (tertiary alicyclic amines) is 1. The molecule has 116 valence electrons. The van der Waals surface area contributed by atoms with Gasteiger partial charge >= 0.3 is 0 Å². The third-order valence-corrected chi connectivity index (χ3v) is 4.37. The molecule has 0 spiro atoms. The van der Waals surface area contributed by atoms with Gasteiger partial charge in [0.2, 0.25) is 0 Å². The number of rotatable bonds is 5. The number of hydrogen-bond acceptors (Lipinski definition) is 3. The fourth-order valence-electron chi connectivity index (χ4n) is 2.79. The van der Waals surface area contributed by atoms with Gasteiger partial charge in [-0.2, -0.15) is 0 Å². The highest BCUT2D eigenvalue weighted by Gasteiger charge is 2.22. The monoisotopic (exact) mass is 290 g/mol. The van der Waals surface area contributed by atoms with Crippen LogP contribution in [0.5, 0.6) is 5.75 Å². The van der Waals surface area contributed by atoms with E-state index in [1.165, 1.54) is 5.56 Å². The van der Waals surface area contributed by atoms with Crippen molar-refractivity contribution in [2.75, 3.05) is 33.3 Å². The van der Waals surface area contributed by atoms with Crippen LogP contribution in [-0.2, 0) is 4.79 Å². The molecule has 1 heterocycles. The normalized spacial score (nSPS) is 16.0. The van der Waals surface area contributed by atoms with Gasteiger partial charge in [0.15, 0.2) is 6.61 Å². The van der Waals surface area contributed by atoms with Crippen molar-refractivity contribution >= 4 is 5.91 Å². The maximum atomic E-state index is 12.2. The molecule has 4 heteroatoms. The lowest BCUT2D eigenvalue weighted by Crippen LogP contribution is -2.42. The lowest BCUT2D eigenvalue weighted by Gasteiger charge is -2.31. The zero-order chi connectivity index (χ0) is 15.2. The molecule has 0 saturated carbocycles. The molecule has 1 aromatic rings. The fourth-order valence-corrected chi connectivity index (χ4v) is 2.79. The van der Waals surface area contributed by atoms with Crippen LogP contribution in [-0.4, -0.2) is 44.1 Å². The molecule has 1 saturated heterocycles. The molecule has 1 aliphatic heterocycles. The maximum Gasteiger partial charge on any atom is 0.260 e. The summed E-state index contributed by atoms with van der Waals surface area (Å²) in [5.74, 6) is 1.60. The van der Waals surface area contributed by atoms with Crippen LogP contribution in [0.2, 0.25) is 0 Å². The first kappa shape index (κ1) is 15.8. The summed E-state index contributed by atoms with van der Waals surface area (Å²) in [7, 11) is 1.98. The molecular weight excluding hydrogens is 264 g/mol. The molecule has 0 bridgehead atoms. The molecule has 2 rings (SSSR count). The molecule has 4 nitrogen and oxygen atoms in total. The second kappa shape index (κ2) is 7.46. The second-order valence-corrected chi connectivity index (χ2v) is 5.87. The van der Waals surface area contributed by atoms with Crippen molar-refractivity contribution in [2.45, 2.75) is 26.7 Å². The minimum absolute atomic E-state index is 0.0961. The molecule has 1 amide bonds. The number of ether oxygens (including phenoxy) is 1. The van der Waals surface area contributed by atoms with Crippen LogP contribution in [0.15, 0.2) is 18.2 Å². The predicted octanol–water partition coefficient (Wildman–Crippen LogP) is 2.14. The lowest BCUT2D eigenvalue weighted by molar-refractivity contribution is -0.134. The van der Waals surface area contributed by atoms with Gasteiger partial charge in [0.05, 0.1) is 0 Å². The van der Waals surface area contributed by atoms with Gasteiger partial charge in [-0.25, -0.2) is 0 Å². The number of carbonyl (C=O) groups excluding carboxylic acids is 1. The van der Waals surface area contributed by atoms with Crippen molar-refractivity contribution in [3.8, 4) is 5.75 Å². The topological polar surface area (TPSA) is 41.6 Å². The third-order valence-electron chi connectivity index (χ3n) is 4.37. The largest absolute Gasteiger partial charge is 0.483 e. The molecule has 1 fully saturated rings. The quantitative estimate of drug-likeness (QED) is 0.903. The second-order valence-electron chi connectivity index (χ2n) is 5.87. The van der Waals surface area contributed by atoms with E-state index >= 15 is 0 Å². The molecular formula is C17H26N2O2. The molecule has 0 unspecified atom stereocenters. The van der Waals surface area contributed by atoms with Gasteiger partial charge in [0, 0.05) is 13.1 Å². The van der Waals surface area contributed by atoms with E-state index < -0.39 is 0 Å². The Morgan fingerprint density at radius 1 is 1.33 bits per heavy atom. The van der Waals surface area contributed by atoms with Crippen molar-refractivity contribution in [1.82, 2.24) is 10.2 Å². The van der Waals surface area contributed by atoms with Crippen molar-refractivity contribution in [3.63, 3.8) is 0 Å². The van der Waals surface area contributed by atoms with Crippen LogP contribution in [0.3, 0.4) is 0 Å². The summed E-state index contributed by atoms with van der Waals surface area (Å²) in [6.45, 7) is 6.96.